The molecule has 0 unspecified atom stereocenters. The maximum atomic E-state index is 12.7. The zero-order valence-corrected chi connectivity index (χ0v) is 21.4. The van der Waals surface area contributed by atoms with Crippen LogP contribution in [0.5, 0.6) is 5.75 Å². The smallest absolute Gasteiger partial charge is 0.231 e. The minimum Gasteiger partial charge on any atom is -0.508 e. The van der Waals surface area contributed by atoms with Crippen LogP contribution in [0.1, 0.15) is 68.6 Å². The molecule has 0 fully saturated rings. The molecule has 1 aromatic heterocycles. The van der Waals surface area contributed by atoms with Gasteiger partial charge in [0.15, 0.2) is 0 Å². The van der Waals surface area contributed by atoms with Gasteiger partial charge in [0.25, 0.3) is 0 Å². The number of nitrogens with zero attached hydrogens (tertiary/aromatic N) is 1. The first kappa shape index (κ1) is 28.6. The van der Waals surface area contributed by atoms with E-state index in [1.807, 2.05) is 6.08 Å². The van der Waals surface area contributed by atoms with Crippen LogP contribution in [0.25, 0.3) is 10.9 Å². The number of fused-ring (bicyclic) bond motifs is 1. The van der Waals surface area contributed by atoms with Crippen LogP contribution in [0.15, 0.2) is 97.3 Å². The molecule has 190 valence electrons. The second-order valence-electron chi connectivity index (χ2n) is 8.44. The second kappa shape index (κ2) is 17.7. The average Bonchev–Trinajstić information content (AvgIpc) is 3.23. The Kier molecular flexibility index (Phi) is 14.1. The fraction of sp³-hybridized carbons (Fsp3) is 0.312. The van der Waals surface area contributed by atoms with E-state index in [1.165, 1.54) is 0 Å². The molecule has 1 N–H and O–H groups in total. The van der Waals surface area contributed by atoms with Gasteiger partial charge in [0, 0.05) is 24.4 Å². The first-order valence-corrected chi connectivity index (χ1v) is 12.9. The largest absolute Gasteiger partial charge is 0.508 e. The maximum Gasteiger partial charge on any atom is 0.231 e. The normalized spacial score (nSPS) is 12.7. The van der Waals surface area contributed by atoms with Gasteiger partial charge in [0.05, 0.1) is 5.52 Å². The number of carbonyl (C=O) groups is 2. The van der Waals surface area contributed by atoms with Crippen molar-refractivity contribution in [3.05, 3.63) is 103 Å². The van der Waals surface area contributed by atoms with Gasteiger partial charge in [0.2, 0.25) is 5.91 Å². The Bertz CT molecular complexity index is 1130. The summed E-state index contributed by atoms with van der Waals surface area (Å²) in [6.45, 7) is 2.15. The number of hydrogen-bond acceptors (Lipinski definition) is 3. The van der Waals surface area contributed by atoms with Gasteiger partial charge in [-0.05, 0) is 68.7 Å². The molecule has 0 saturated carbocycles. The van der Waals surface area contributed by atoms with Crippen molar-refractivity contribution < 1.29 is 14.7 Å². The lowest BCUT2D eigenvalue weighted by atomic mass is 10.1. The predicted octanol–water partition coefficient (Wildman–Crippen LogP) is 8.21. The van der Waals surface area contributed by atoms with Crippen molar-refractivity contribution >= 4 is 23.1 Å². The zero-order valence-electron chi connectivity index (χ0n) is 21.4. The summed E-state index contributed by atoms with van der Waals surface area (Å²) < 4.78 is 1.59. The molecule has 0 amide bonds. The monoisotopic (exact) mass is 485 g/mol. The minimum atomic E-state index is -0.0256. The average molecular weight is 486 g/mol. The van der Waals surface area contributed by atoms with Crippen LogP contribution in [0.3, 0.4) is 0 Å². The molecule has 4 nitrogen and oxygen atoms in total. The van der Waals surface area contributed by atoms with Crippen LogP contribution in [0, 0.1) is 0 Å². The quantitative estimate of drug-likeness (QED) is 0.192. The molecule has 0 spiro atoms. The highest BCUT2D eigenvalue weighted by atomic mass is 16.3. The molecule has 0 bridgehead atoms. The summed E-state index contributed by atoms with van der Waals surface area (Å²) in [4.78, 5) is 23.7. The molecular weight excluding hydrogens is 446 g/mol. The number of aromatic hydroxyl groups is 1. The lowest BCUT2D eigenvalue weighted by molar-refractivity contribution is -0.107. The third-order valence-corrected chi connectivity index (χ3v) is 5.56. The summed E-state index contributed by atoms with van der Waals surface area (Å²) in [5, 5.41) is 10.5. The number of rotatable bonds is 16. The van der Waals surface area contributed by atoms with Gasteiger partial charge in [-0.25, -0.2) is 0 Å². The molecule has 0 aliphatic carbocycles. The number of aldehydes is 1. The summed E-state index contributed by atoms with van der Waals surface area (Å²) in [5.74, 6) is 0.0974. The van der Waals surface area contributed by atoms with Crippen molar-refractivity contribution in [2.75, 3.05) is 0 Å². The van der Waals surface area contributed by atoms with Crippen LogP contribution < -0.4 is 0 Å². The maximum absolute atomic E-state index is 12.7. The molecule has 2 rings (SSSR count). The highest BCUT2D eigenvalue weighted by Crippen LogP contribution is 2.26. The fourth-order valence-corrected chi connectivity index (χ4v) is 3.71. The number of phenols is 1. The van der Waals surface area contributed by atoms with E-state index in [2.05, 4.69) is 73.8 Å². The SMILES string of the molecule is CC/C=C\C/C=C\C/C=C\C/C=C\C/C=C\C/C=C\CCC(=O)n1cc(CC=O)c2cc(O)ccc21. The van der Waals surface area contributed by atoms with Crippen LogP contribution >= 0.6 is 0 Å². The molecule has 0 radical (unpaired) electrons. The number of benzene rings is 1. The minimum absolute atomic E-state index is 0.0256. The van der Waals surface area contributed by atoms with Crippen molar-refractivity contribution in [2.24, 2.45) is 0 Å². The lowest BCUT2D eigenvalue weighted by Gasteiger charge is -2.02. The molecule has 36 heavy (non-hydrogen) atoms. The number of allylic oxidation sites excluding steroid dienone is 12. The van der Waals surface area contributed by atoms with Crippen LogP contribution in [0.4, 0.5) is 0 Å². The van der Waals surface area contributed by atoms with E-state index in [4.69, 9.17) is 0 Å². The lowest BCUT2D eigenvalue weighted by Crippen LogP contribution is -2.08. The second-order valence-corrected chi connectivity index (χ2v) is 8.44. The van der Waals surface area contributed by atoms with Gasteiger partial charge in [-0.2, -0.15) is 0 Å². The third-order valence-electron chi connectivity index (χ3n) is 5.56. The van der Waals surface area contributed by atoms with Gasteiger partial charge in [-0.3, -0.25) is 9.36 Å². The van der Waals surface area contributed by atoms with Crippen LogP contribution in [-0.4, -0.2) is 21.9 Å². The molecule has 4 heteroatoms. The Morgan fingerprint density at radius 2 is 1.33 bits per heavy atom. The van der Waals surface area contributed by atoms with Crippen molar-refractivity contribution in [3.63, 3.8) is 0 Å². The third kappa shape index (κ3) is 10.7. The van der Waals surface area contributed by atoms with Gasteiger partial charge < -0.3 is 9.90 Å². The van der Waals surface area contributed by atoms with E-state index in [0.29, 0.717) is 12.8 Å². The number of phenolic OH excluding ortho intramolecular Hbond substituents is 1. The topological polar surface area (TPSA) is 59.3 Å². The molecule has 1 aromatic carbocycles. The van der Waals surface area contributed by atoms with Gasteiger partial charge in [0.1, 0.15) is 12.0 Å². The van der Waals surface area contributed by atoms with Crippen molar-refractivity contribution in [3.8, 4) is 5.75 Å². The standard InChI is InChI=1S/C32H39NO3/c1-2-3-4-5-6-7-8-9-10-11-12-13-14-15-16-17-18-19-20-21-32(36)33-27-28(24-25-34)30-26-29(35)22-23-31(30)33/h3-4,6-7,9-10,12-13,15-16,18-19,22-23,25-27,35H,2,5,8,11,14,17,20-21,24H2,1H3/b4-3-,7-6-,10-9-,13-12-,16-15-,19-18-. The van der Waals surface area contributed by atoms with E-state index in [0.717, 1.165) is 61.3 Å². The van der Waals surface area contributed by atoms with E-state index in [1.54, 1.807) is 29.0 Å². The summed E-state index contributed by atoms with van der Waals surface area (Å²) in [5.41, 5.74) is 1.47. The highest BCUT2D eigenvalue weighted by Gasteiger charge is 2.13. The highest BCUT2D eigenvalue weighted by molar-refractivity contribution is 5.96. The number of hydrogen-bond donors (Lipinski definition) is 1. The fourth-order valence-electron chi connectivity index (χ4n) is 3.71. The Labute approximate surface area is 215 Å². The number of aromatic nitrogens is 1. The Morgan fingerprint density at radius 3 is 1.86 bits per heavy atom. The predicted molar refractivity (Wildman–Crippen MR) is 151 cm³/mol. The molecule has 0 saturated heterocycles. The first-order chi connectivity index (χ1) is 17.7. The van der Waals surface area contributed by atoms with E-state index in [-0.39, 0.29) is 18.1 Å². The summed E-state index contributed by atoms with van der Waals surface area (Å²) >= 11 is 0. The first-order valence-electron chi connectivity index (χ1n) is 12.9. The van der Waals surface area contributed by atoms with E-state index in [9.17, 15) is 14.7 Å². The van der Waals surface area contributed by atoms with Crippen LogP contribution in [-0.2, 0) is 11.2 Å². The van der Waals surface area contributed by atoms with Crippen molar-refractivity contribution in [1.82, 2.24) is 4.57 Å². The van der Waals surface area contributed by atoms with E-state index >= 15 is 0 Å². The zero-order chi connectivity index (χ0) is 25.8. The van der Waals surface area contributed by atoms with Gasteiger partial charge in [-0.1, -0.05) is 79.8 Å². The summed E-state index contributed by atoms with van der Waals surface area (Å²) in [6.07, 6.45) is 35.5. The molecule has 1 heterocycles. The van der Waals surface area contributed by atoms with Gasteiger partial charge in [-0.15, -0.1) is 0 Å². The van der Waals surface area contributed by atoms with Gasteiger partial charge >= 0.3 is 0 Å². The molecule has 0 atom stereocenters. The molecule has 0 aliphatic rings. The Balaban J connectivity index is 1.62. The Hall–Kier alpha value is -3.66. The van der Waals surface area contributed by atoms with Crippen molar-refractivity contribution in [1.29, 1.82) is 0 Å². The molecular formula is C32H39NO3. The summed E-state index contributed by atoms with van der Waals surface area (Å²) in [6, 6.07) is 4.87. The Morgan fingerprint density at radius 1 is 0.806 bits per heavy atom. The van der Waals surface area contributed by atoms with Crippen LogP contribution in [0.2, 0.25) is 0 Å². The molecule has 2 aromatic rings. The summed E-state index contributed by atoms with van der Waals surface area (Å²) in [7, 11) is 0. The molecule has 0 aliphatic heterocycles. The van der Waals surface area contributed by atoms with E-state index < -0.39 is 0 Å². The van der Waals surface area contributed by atoms with Crippen molar-refractivity contribution in [2.45, 2.75) is 64.7 Å². The number of carbonyl (C=O) groups excluding carboxylic acids is 2.